The summed E-state index contributed by atoms with van der Waals surface area (Å²) in [4.78, 5) is 9.65. The molecule has 5 nitrogen and oxygen atoms in total. The zero-order valence-electron chi connectivity index (χ0n) is 16.1. The van der Waals surface area contributed by atoms with Crippen molar-refractivity contribution in [1.29, 1.82) is 0 Å². The minimum absolute atomic E-state index is 0.632. The molecule has 0 spiro atoms. The Bertz CT molecular complexity index is 833. The number of furan rings is 1. The van der Waals surface area contributed by atoms with Crippen LogP contribution in [0.1, 0.15) is 12.7 Å². The first kappa shape index (κ1) is 18.6. The first-order chi connectivity index (χ1) is 13.2. The third kappa shape index (κ3) is 4.76. The summed E-state index contributed by atoms with van der Waals surface area (Å²) in [6.07, 6.45) is 0. The van der Waals surface area contributed by atoms with Crippen LogP contribution in [-0.4, -0.2) is 61.1 Å². The largest absolute Gasteiger partial charge is 0.457 e. The summed E-state index contributed by atoms with van der Waals surface area (Å²) in [5.41, 5.74) is 1.03. The molecule has 0 aliphatic carbocycles. The van der Waals surface area contributed by atoms with E-state index in [1.165, 1.54) is 30.9 Å². The fraction of sp³-hybridized carbons (Fsp3) is 0.476. The lowest BCUT2D eigenvalue weighted by atomic mass is 10.1. The second-order valence-corrected chi connectivity index (χ2v) is 8.62. The van der Waals surface area contributed by atoms with E-state index in [9.17, 15) is 0 Å². The monoisotopic (exact) mass is 384 g/mol. The van der Waals surface area contributed by atoms with Crippen molar-refractivity contribution < 1.29 is 4.42 Å². The van der Waals surface area contributed by atoms with Crippen LogP contribution in [0.25, 0.3) is 21.0 Å². The average molecular weight is 385 g/mol. The third-order valence-electron chi connectivity index (χ3n) is 5.12. The van der Waals surface area contributed by atoms with Gasteiger partial charge in [-0.1, -0.05) is 19.1 Å². The highest BCUT2D eigenvalue weighted by atomic mass is 32.1. The van der Waals surface area contributed by atoms with Crippen LogP contribution in [0.4, 0.5) is 0 Å². The number of thiazole rings is 1. The molecule has 6 heteroatoms. The number of piperazine rings is 1. The topological polar surface area (TPSA) is 44.5 Å². The number of benzene rings is 1. The molecule has 3 heterocycles. The van der Waals surface area contributed by atoms with E-state index < -0.39 is 0 Å². The van der Waals surface area contributed by atoms with Gasteiger partial charge in [0.2, 0.25) is 0 Å². The van der Waals surface area contributed by atoms with Crippen LogP contribution < -0.4 is 5.32 Å². The molecule has 1 N–H and O–H groups in total. The number of rotatable bonds is 7. The lowest BCUT2D eigenvalue weighted by Gasteiger charge is -2.33. The van der Waals surface area contributed by atoms with Gasteiger partial charge in [-0.05, 0) is 43.8 Å². The predicted molar refractivity (Wildman–Crippen MR) is 112 cm³/mol. The average Bonchev–Trinajstić information content (AvgIpc) is 3.30. The Kier molecular flexibility index (Phi) is 5.88. The van der Waals surface area contributed by atoms with E-state index >= 15 is 0 Å². The van der Waals surface area contributed by atoms with Gasteiger partial charge in [0.05, 0.1) is 16.8 Å². The molecule has 1 fully saturated rings. The number of aromatic nitrogens is 1. The maximum Gasteiger partial charge on any atom is 0.163 e. The molecule has 2 aromatic heterocycles. The molecule has 3 aromatic rings. The summed E-state index contributed by atoms with van der Waals surface area (Å²) in [5, 5.41) is 4.49. The summed E-state index contributed by atoms with van der Waals surface area (Å²) in [6.45, 7) is 9.98. The maximum absolute atomic E-state index is 6.01. The highest BCUT2D eigenvalue weighted by Gasteiger charge is 2.16. The standard InChI is InChI=1S/C21H28N4OS/c1-16(15-25-11-9-24(2)10-12-25)13-22-14-17-7-8-19(26-17)21-23-18-5-3-4-6-20(18)27-21/h3-8,16,22H,9-15H2,1-2H3. The van der Waals surface area contributed by atoms with Gasteiger partial charge in [0.1, 0.15) is 5.76 Å². The van der Waals surface area contributed by atoms with Crippen molar-refractivity contribution in [3.63, 3.8) is 0 Å². The summed E-state index contributed by atoms with van der Waals surface area (Å²) in [5.74, 6) is 2.46. The van der Waals surface area contributed by atoms with E-state index in [2.05, 4.69) is 46.2 Å². The molecular weight excluding hydrogens is 356 g/mol. The quantitative estimate of drug-likeness (QED) is 0.675. The SMILES string of the molecule is CC(CNCc1ccc(-c2nc3ccccc3s2)o1)CN1CCN(C)CC1. The smallest absolute Gasteiger partial charge is 0.163 e. The summed E-state index contributed by atoms with van der Waals surface area (Å²) in [6, 6.07) is 12.3. The van der Waals surface area contributed by atoms with E-state index in [1.54, 1.807) is 11.3 Å². The number of para-hydroxylation sites is 1. The van der Waals surface area contributed by atoms with Crippen LogP contribution in [0.3, 0.4) is 0 Å². The molecule has 1 aromatic carbocycles. The van der Waals surface area contributed by atoms with Crippen LogP contribution in [0.5, 0.6) is 0 Å². The lowest BCUT2D eigenvalue weighted by Crippen LogP contribution is -2.46. The number of nitrogens with zero attached hydrogens (tertiary/aromatic N) is 3. The van der Waals surface area contributed by atoms with Crippen LogP contribution in [0.15, 0.2) is 40.8 Å². The summed E-state index contributed by atoms with van der Waals surface area (Å²) >= 11 is 1.68. The van der Waals surface area contributed by atoms with Crippen LogP contribution in [0.2, 0.25) is 0 Å². The molecule has 1 unspecified atom stereocenters. The third-order valence-corrected chi connectivity index (χ3v) is 6.18. The fourth-order valence-electron chi connectivity index (χ4n) is 3.54. The van der Waals surface area contributed by atoms with Crippen molar-refractivity contribution in [1.82, 2.24) is 20.1 Å². The van der Waals surface area contributed by atoms with Crippen molar-refractivity contribution in [2.24, 2.45) is 5.92 Å². The Labute approximate surface area is 165 Å². The Hall–Kier alpha value is -1.73. The number of hydrogen-bond donors (Lipinski definition) is 1. The number of hydrogen-bond acceptors (Lipinski definition) is 6. The second-order valence-electron chi connectivity index (χ2n) is 7.59. The Balaban J connectivity index is 1.26. The highest BCUT2D eigenvalue weighted by molar-refractivity contribution is 7.21. The van der Waals surface area contributed by atoms with Gasteiger partial charge in [0.25, 0.3) is 0 Å². The minimum Gasteiger partial charge on any atom is -0.457 e. The second kappa shape index (κ2) is 8.52. The lowest BCUT2D eigenvalue weighted by molar-refractivity contribution is 0.138. The van der Waals surface area contributed by atoms with Gasteiger partial charge < -0.3 is 19.5 Å². The first-order valence-corrected chi connectivity index (χ1v) is 10.6. The Morgan fingerprint density at radius 1 is 1.15 bits per heavy atom. The molecule has 4 rings (SSSR count). The normalized spacial score (nSPS) is 17.6. The molecule has 0 saturated carbocycles. The van der Waals surface area contributed by atoms with Crippen LogP contribution >= 0.6 is 11.3 Å². The molecule has 0 bridgehead atoms. The zero-order valence-corrected chi connectivity index (χ0v) is 17.0. The van der Waals surface area contributed by atoms with Crippen molar-refractivity contribution in [3.05, 3.63) is 42.2 Å². The number of fused-ring (bicyclic) bond motifs is 1. The zero-order chi connectivity index (χ0) is 18.6. The minimum atomic E-state index is 0.632. The van der Waals surface area contributed by atoms with Gasteiger partial charge in [0.15, 0.2) is 10.8 Å². The molecule has 144 valence electrons. The highest BCUT2D eigenvalue weighted by Crippen LogP contribution is 2.31. The van der Waals surface area contributed by atoms with Gasteiger partial charge in [-0.15, -0.1) is 11.3 Å². The van der Waals surface area contributed by atoms with Gasteiger partial charge in [-0.25, -0.2) is 4.98 Å². The van der Waals surface area contributed by atoms with Crippen LogP contribution in [-0.2, 0) is 6.54 Å². The van der Waals surface area contributed by atoms with E-state index in [1.807, 2.05) is 24.3 Å². The molecule has 1 atom stereocenters. The van der Waals surface area contributed by atoms with E-state index in [0.717, 1.165) is 41.7 Å². The summed E-state index contributed by atoms with van der Waals surface area (Å²) < 4.78 is 7.21. The van der Waals surface area contributed by atoms with Crippen molar-refractivity contribution >= 4 is 21.6 Å². The van der Waals surface area contributed by atoms with E-state index in [-0.39, 0.29) is 0 Å². The van der Waals surface area contributed by atoms with Gasteiger partial charge in [-0.2, -0.15) is 0 Å². The van der Waals surface area contributed by atoms with Gasteiger partial charge in [-0.3, -0.25) is 0 Å². The number of nitrogens with one attached hydrogen (secondary N) is 1. The van der Waals surface area contributed by atoms with Crippen molar-refractivity contribution in [2.75, 3.05) is 46.3 Å². The van der Waals surface area contributed by atoms with Gasteiger partial charge >= 0.3 is 0 Å². The first-order valence-electron chi connectivity index (χ1n) is 9.73. The molecular formula is C21H28N4OS. The van der Waals surface area contributed by atoms with Crippen LogP contribution in [0, 0.1) is 5.92 Å². The Morgan fingerprint density at radius 3 is 2.78 bits per heavy atom. The number of likely N-dealkylation sites (N-methyl/N-ethyl adjacent to an activating group) is 1. The molecule has 0 amide bonds. The van der Waals surface area contributed by atoms with E-state index in [4.69, 9.17) is 4.42 Å². The molecule has 1 aliphatic heterocycles. The van der Waals surface area contributed by atoms with Gasteiger partial charge in [0, 0.05) is 32.7 Å². The summed E-state index contributed by atoms with van der Waals surface area (Å²) in [7, 11) is 2.20. The molecule has 0 radical (unpaired) electrons. The van der Waals surface area contributed by atoms with E-state index in [0.29, 0.717) is 5.92 Å². The Morgan fingerprint density at radius 2 is 1.96 bits per heavy atom. The molecule has 27 heavy (non-hydrogen) atoms. The van der Waals surface area contributed by atoms with Crippen molar-refractivity contribution in [3.8, 4) is 10.8 Å². The van der Waals surface area contributed by atoms with Crippen molar-refractivity contribution in [2.45, 2.75) is 13.5 Å². The molecule has 1 saturated heterocycles. The predicted octanol–water partition coefficient (Wildman–Crippen LogP) is 3.53. The fourth-order valence-corrected chi connectivity index (χ4v) is 4.47. The maximum atomic E-state index is 6.01. The molecule has 1 aliphatic rings.